The van der Waals surface area contributed by atoms with Crippen LogP contribution in [0.25, 0.3) is 0 Å². The minimum absolute atomic E-state index is 0.229. The lowest BCUT2D eigenvalue weighted by Crippen LogP contribution is -2.49. The predicted octanol–water partition coefficient (Wildman–Crippen LogP) is 2.05. The molecule has 0 bridgehead atoms. The van der Waals surface area contributed by atoms with Crippen molar-refractivity contribution in [1.29, 1.82) is 0 Å². The maximum atomic E-state index is 12.1. The Morgan fingerprint density at radius 2 is 1.70 bits per heavy atom. The van der Waals surface area contributed by atoms with Crippen LogP contribution in [-0.2, 0) is 19.0 Å². The Morgan fingerprint density at radius 3 is 2.20 bits per heavy atom. The van der Waals surface area contributed by atoms with Crippen LogP contribution in [0.4, 0.5) is 0 Å². The lowest BCUT2D eigenvalue weighted by Gasteiger charge is -2.39. The third-order valence-electron chi connectivity index (χ3n) is 3.72. The van der Waals surface area contributed by atoms with E-state index in [-0.39, 0.29) is 5.97 Å². The van der Waals surface area contributed by atoms with Gasteiger partial charge in [0.05, 0.1) is 19.8 Å². The lowest BCUT2D eigenvalue weighted by atomic mass is 9.92. The summed E-state index contributed by atoms with van der Waals surface area (Å²) in [7, 11) is 0. The summed E-state index contributed by atoms with van der Waals surface area (Å²) >= 11 is 0. The number of hydrogen-bond donors (Lipinski definition) is 0. The first-order valence-corrected chi connectivity index (χ1v) is 7.50. The Labute approximate surface area is 122 Å². The van der Waals surface area contributed by atoms with E-state index in [9.17, 15) is 4.79 Å². The van der Waals surface area contributed by atoms with E-state index in [0.29, 0.717) is 19.8 Å². The molecule has 0 aromatic heterocycles. The van der Waals surface area contributed by atoms with Crippen LogP contribution in [0.2, 0.25) is 0 Å². The summed E-state index contributed by atoms with van der Waals surface area (Å²) in [6.07, 6.45) is 0.858. The van der Waals surface area contributed by atoms with Crippen LogP contribution < -0.4 is 0 Å². The summed E-state index contributed by atoms with van der Waals surface area (Å²) in [5.41, 5.74) is -0.690. The number of hydrogen-bond acceptors (Lipinski definition) is 5. The zero-order valence-corrected chi connectivity index (χ0v) is 13.5. The summed E-state index contributed by atoms with van der Waals surface area (Å²) in [5.74, 6) is -0.838. The van der Waals surface area contributed by atoms with Gasteiger partial charge in [-0.05, 0) is 40.3 Å². The number of nitrogens with zero attached hydrogens (tertiary/aromatic N) is 1. The van der Waals surface area contributed by atoms with Crippen molar-refractivity contribution in [2.45, 2.75) is 46.8 Å². The molecule has 0 spiro atoms. The Bertz CT molecular complexity index is 303. The minimum atomic E-state index is -0.690. The van der Waals surface area contributed by atoms with E-state index >= 15 is 0 Å². The first-order valence-electron chi connectivity index (χ1n) is 7.50. The molecular weight excluding hydrogens is 258 g/mol. The monoisotopic (exact) mass is 287 g/mol. The second-order valence-corrected chi connectivity index (χ2v) is 6.05. The first kappa shape index (κ1) is 17.4. The fourth-order valence-electron chi connectivity index (χ4n) is 2.03. The number of esters is 1. The van der Waals surface area contributed by atoms with E-state index in [1.54, 1.807) is 0 Å². The number of carbonyl (C=O) groups excluding carboxylic acids is 1. The second-order valence-electron chi connectivity index (χ2n) is 6.05. The molecule has 0 N–H and O–H groups in total. The molecule has 1 fully saturated rings. The van der Waals surface area contributed by atoms with Crippen molar-refractivity contribution in [2.24, 2.45) is 5.41 Å². The normalized spacial score (nSPS) is 20.9. The van der Waals surface area contributed by atoms with Crippen molar-refractivity contribution in [3.63, 3.8) is 0 Å². The van der Waals surface area contributed by atoms with Gasteiger partial charge in [0.25, 0.3) is 0 Å². The molecule has 20 heavy (non-hydrogen) atoms. The average molecular weight is 287 g/mol. The van der Waals surface area contributed by atoms with E-state index in [1.807, 2.05) is 20.8 Å². The standard InChI is InChI=1S/C15H29NO4/c1-6-16(7-2)9-8-10-18-13(17)15(5)11-19-14(3,4)20-12-15/h6-12H2,1-5H3. The zero-order valence-electron chi connectivity index (χ0n) is 13.5. The van der Waals surface area contributed by atoms with Gasteiger partial charge >= 0.3 is 5.97 Å². The highest BCUT2D eigenvalue weighted by molar-refractivity contribution is 5.76. The highest BCUT2D eigenvalue weighted by Gasteiger charge is 2.43. The highest BCUT2D eigenvalue weighted by Crippen LogP contribution is 2.30. The van der Waals surface area contributed by atoms with E-state index in [4.69, 9.17) is 14.2 Å². The molecule has 0 radical (unpaired) electrons. The molecule has 1 aliphatic heterocycles. The number of rotatable bonds is 7. The molecule has 1 aliphatic rings. The third kappa shape index (κ3) is 5.04. The molecular formula is C15H29NO4. The summed E-state index contributed by atoms with van der Waals surface area (Å²) in [6, 6.07) is 0. The second kappa shape index (κ2) is 7.38. The quantitative estimate of drug-likeness (QED) is 0.530. The van der Waals surface area contributed by atoms with Gasteiger partial charge in [0.2, 0.25) is 0 Å². The fourth-order valence-corrected chi connectivity index (χ4v) is 2.03. The Balaban J connectivity index is 2.29. The fraction of sp³-hybridized carbons (Fsp3) is 0.933. The van der Waals surface area contributed by atoms with Gasteiger partial charge in [-0.15, -0.1) is 0 Å². The molecule has 0 aromatic rings. The first-order chi connectivity index (χ1) is 9.33. The Kier molecular flexibility index (Phi) is 6.43. The molecule has 1 saturated heterocycles. The maximum absolute atomic E-state index is 12.1. The molecule has 0 aromatic carbocycles. The van der Waals surface area contributed by atoms with Crippen LogP contribution >= 0.6 is 0 Å². The van der Waals surface area contributed by atoms with E-state index < -0.39 is 11.2 Å². The van der Waals surface area contributed by atoms with Gasteiger partial charge in [0, 0.05) is 6.54 Å². The summed E-state index contributed by atoms with van der Waals surface area (Å²) in [6.45, 7) is 13.9. The van der Waals surface area contributed by atoms with Crippen LogP contribution in [0.3, 0.4) is 0 Å². The Hall–Kier alpha value is -0.650. The molecule has 0 unspecified atom stereocenters. The molecule has 5 heteroatoms. The molecule has 0 aliphatic carbocycles. The minimum Gasteiger partial charge on any atom is -0.465 e. The van der Waals surface area contributed by atoms with E-state index in [2.05, 4.69) is 18.7 Å². The smallest absolute Gasteiger partial charge is 0.316 e. The van der Waals surface area contributed by atoms with Crippen LogP contribution in [0.1, 0.15) is 41.0 Å². The van der Waals surface area contributed by atoms with Crippen molar-refractivity contribution in [1.82, 2.24) is 4.90 Å². The van der Waals surface area contributed by atoms with Gasteiger partial charge in [-0.2, -0.15) is 0 Å². The zero-order chi connectivity index (χ0) is 15.2. The summed E-state index contributed by atoms with van der Waals surface area (Å²) < 4.78 is 16.5. The molecule has 1 rings (SSSR count). The third-order valence-corrected chi connectivity index (χ3v) is 3.72. The Morgan fingerprint density at radius 1 is 1.15 bits per heavy atom. The molecule has 0 amide bonds. The SMILES string of the molecule is CCN(CC)CCCOC(=O)C1(C)COC(C)(C)OC1. The van der Waals surface area contributed by atoms with E-state index in [1.165, 1.54) is 0 Å². The molecule has 0 saturated carbocycles. The highest BCUT2D eigenvalue weighted by atomic mass is 16.7. The lowest BCUT2D eigenvalue weighted by molar-refractivity contribution is -0.281. The largest absolute Gasteiger partial charge is 0.465 e. The van der Waals surface area contributed by atoms with Crippen molar-refractivity contribution < 1.29 is 19.0 Å². The topological polar surface area (TPSA) is 48.0 Å². The number of carbonyl (C=O) groups is 1. The van der Waals surface area contributed by atoms with Crippen molar-refractivity contribution in [2.75, 3.05) is 39.5 Å². The van der Waals surface area contributed by atoms with Gasteiger partial charge in [0.15, 0.2) is 5.79 Å². The van der Waals surface area contributed by atoms with Crippen molar-refractivity contribution >= 4 is 5.97 Å². The molecule has 1 heterocycles. The van der Waals surface area contributed by atoms with Crippen LogP contribution in [-0.4, -0.2) is 56.1 Å². The van der Waals surface area contributed by atoms with Gasteiger partial charge in [0.1, 0.15) is 5.41 Å². The summed E-state index contributed by atoms with van der Waals surface area (Å²) in [4.78, 5) is 14.4. The molecule has 118 valence electrons. The van der Waals surface area contributed by atoms with Crippen molar-refractivity contribution in [3.8, 4) is 0 Å². The van der Waals surface area contributed by atoms with Gasteiger partial charge in [-0.3, -0.25) is 4.79 Å². The maximum Gasteiger partial charge on any atom is 0.316 e. The number of ether oxygens (including phenoxy) is 3. The molecule has 5 nitrogen and oxygen atoms in total. The molecule has 0 atom stereocenters. The van der Waals surface area contributed by atoms with E-state index in [0.717, 1.165) is 26.1 Å². The van der Waals surface area contributed by atoms with Gasteiger partial charge in [-0.1, -0.05) is 13.8 Å². The van der Waals surface area contributed by atoms with Crippen LogP contribution in [0.5, 0.6) is 0 Å². The van der Waals surface area contributed by atoms with Gasteiger partial charge < -0.3 is 19.1 Å². The average Bonchev–Trinajstić information content (AvgIpc) is 2.42. The van der Waals surface area contributed by atoms with Crippen molar-refractivity contribution in [3.05, 3.63) is 0 Å². The predicted molar refractivity (Wildman–Crippen MR) is 77.5 cm³/mol. The summed E-state index contributed by atoms with van der Waals surface area (Å²) in [5, 5.41) is 0. The van der Waals surface area contributed by atoms with Crippen LogP contribution in [0, 0.1) is 5.41 Å². The van der Waals surface area contributed by atoms with Crippen LogP contribution in [0.15, 0.2) is 0 Å². The van der Waals surface area contributed by atoms with Gasteiger partial charge in [-0.25, -0.2) is 0 Å².